The van der Waals surface area contributed by atoms with Gasteiger partial charge in [0.25, 0.3) is 0 Å². The number of hydrogen-bond acceptors (Lipinski definition) is 2. The van der Waals surface area contributed by atoms with Gasteiger partial charge in [-0.1, -0.05) is 20.4 Å². The number of rotatable bonds is 0. The highest BCUT2D eigenvalue weighted by molar-refractivity contribution is 5.26. The van der Waals surface area contributed by atoms with Crippen molar-refractivity contribution < 1.29 is 10.2 Å². The molecule has 0 saturated heterocycles. The molecule has 3 rings (SSSR count). The molecule has 0 heterocycles. The zero-order valence-corrected chi connectivity index (χ0v) is 7.62. The highest BCUT2D eigenvalue weighted by Gasteiger charge is 2.59. The van der Waals surface area contributed by atoms with E-state index < -0.39 is 12.2 Å². The molecule has 0 aromatic heterocycles. The molecule has 0 radical (unpaired) electrons. The Morgan fingerprint density at radius 2 is 2.00 bits per heavy atom. The molecule has 68 valence electrons. The fraction of sp³-hybridized carbons (Fsp3) is 0.800. The molecule has 3 aliphatic carbocycles. The van der Waals surface area contributed by atoms with E-state index in [4.69, 9.17) is 0 Å². The lowest BCUT2D eigenvalue weighted by Gasteiger charge is -2.61. The number of fused-ring (bicyclic) bond motifs is 2. The molecule has 2 N–H and O–H groups in total. The van der Waals surface area contributed by atoms with Crippen LogP contribution in [0.3, 0.4) is 0 Å². The van der Waals surface area contributed by atoms with Crippen LogP contribution in [0.2, 0.25) is 0 Å². The Morgan fingerprint density at radius 1 is 1.42 bits per heavy atom. The molecule has 0 unspecified atom stereocenters. The maximum absolute atomic E-state index is 9.68. The standard InChI is InChI=1S/C10H16O2/c1-5-6-4-7(10(6,2)3)9(12)8(5)11/h6-9,11-12H,1,4H2,2-3H3/t6-,7-,8+,9+/m0/s1. The number of hydrogen-bond donors (Lipinski definition) is 2. The van der Waals surface area contributed by atoms with E-state index in [0.29, 0.717) is 5.92 Å². The van der Waals surface area contributed by atoms with Crippen LogP contribution in [0.1, 0.15) is 20.3 Å². The molecule has 2 nitrogen and oxygen atoms in total. The highest BCUT2D eigenvalue weighted by atomic mass is 16.3. The molecule has 0 aliphatic heterocycles. The summed E-state index contributed by atoms with van der Waals surface area (Å²) in [6.45, 7) is 8.14. The van der Waals surface area contributed by atoms with Crippen molar-refractivity contribution >= 4 is 0 Å². The van der Waals surface area contributed by atoms with Gasteiger partial charge in [-0.3, -0.25) is 0 Å². The summed E-state index contributed by atoms with van der Waals surface area (Å²) in [5, 5.41) is 19.2. The van der Waals surface area contributed by atoms with Gasteiger partial charge in [-0.2, -0.15) is 0 Å². The van der Waals surface area contributed by atoms with Crippen LogP contribution in [0.15, 0.2) is 12.2 Å². The van der Waals surface area contributed by atoms with Crippen LogP contribution in [0.4, 0.5) is 0 Å². The summed E-state index contributed by atoms with van der Waals surface area (Å²) < 4.78 is 0. The minimum absolute atomic E-state index is 0.149. The van der Waals surface area contributed by atoms with Crippen LogP contribution < -0.4 is 0 Å². The summed E-state index contributed by atoms with van der Waals surface area (Å²) in [7, 11) is 0. The van der Waals surface area contributed by atoms with Crippen LogP contribution in [0.5, 0.6) is 0 Å². The Hall–Kier alpha value is -0.340. The minimum Gasteiger partial charge on any atom is -0.390 e. The molecule has 3 aliphatic rings. The van der Waals surface area contributed by atoms with Crippen molar-refractivity contribution in [2.24, 2.45) is 17.3 Å². The van der Waals surface area contributed by atoms with Crippen molar-refractivity contribution in [1.82, 2.24) is 0 Å². The van der Waals surface area contributed by atoms with Gasteiger partial charge in [-0.05, 0) is 29.2 Å². The first-order valence-electron chi connectivity index (χ1n) is 4.51. The molecule has 4 atom stereocenters. The predicted molar refractivity (Wildman–Crippen MR) is 46.5 cm³/mol. The van der Waals surface area contributed by atoms with Crippen LogP contribution >= 0.6 is 0 Å². The van der Waals surface area contributed by atoms with Crippen molar-refractivity contribution in [3.63, 3.8) is 0 Å². The third kappa shape index (κ3) is 0.723. The topological polar surface area (TPSA) is 40.5 Å². The monoisotopic (exact) mass is 168 g/mol. The van der Waals surface area contributed by atoms with Gasteiger partial charge in [0.15, 0.2) is 0 Å². The Morgan fingerprint density at radius 3 is 2.42 bits per heavy atom. The first-order chi connectivity index (χ1) is 5.46. The second-order valence-electron chi connectivity index (χ2n) is 4.73. The van der Waals surface area contributed by atoms with E-state index >= 15 is 0 Å². The van der Waals surface area contributed by atoms with E-state index in [9.17, 15) is 10.2 Å². The highest BCUT2D eigenvalue weighted by Crippen LogP contribution is 2.60. The zero-order valence-electron chi connectivity index (χ0n) is 7.62. The molecule has 2 heteroatoms. The Bertz CT molecular complexity index is 232. The second kappa shape index (κ2) is 2.12. The van der Waals surface area contributed by atoms with Gasteiger partial charge in [0.1, 0.15) is 6.10 Å². The van der Waals surface area contributed by atoms with Crippen LogP contribution in [0, 0.1) is 17.3 Å². The first kappa shape index (κ1) is 8.27. The fourth-order valence-electron chi connectivity index (χ4n) is 2.81. The Balaban J connectivity index is 2.30. The molecule has 0 spiro atoms. The van der Waals surface area contributed by atoms with E-state index in [2.05, 4.69) is 20.4 Å². The summed E-state index contributed by atoms with van der Waals surface area (Å²) in [6, 6.07) is 0. The van der Waals surface area contributed by atoms with Crippen molar-refractivity contribution in [2.75, 3.05) is 0 Å². The predicted octanol–water partition coefficient (Wildman–Crippen LogP) is 0.940. The van der Waals surface area contributed by atoms with E-state index in [1.54, 1.807) is 0 Å². The average molecular weight is 168 g/mol. The largest absolute Gasteiger partial charge is 0.390 e. The van der Waals surface area contributed by atoms with Gasteiger partial charge in [-0.25, -0.2) is 0 Å². The maximum Gasteiger partial charge on any atom is 0.101 e. The molecule has 12 heavy (non-hydrogen) atoms. The van der Waals surface area contributed by atoms with E-state index in [1.807, 2.05) is 0 Å². The van der Waals surface area contributed by atoms with Gasteiger partial charge < -0.3 is 10.2 Å². The number of aliphatic hydroxyl groups is 2. The summed E-state index contributed by atoms with van der Waals surface area (Å²) in [5.41, 5.74) is 0.977. The lowest BCUT2D eigenvalue weighted by atomic mass is 9.46. The van der Waals surface area contributed by atoms with E-state index in [1.165, 1.54) is 0 Å². The quantitative estimate of drug-likeness (QED) is 0.528. The SMILES string of the molecule is C=C1[C@@H](O)[C@H](O)[C@@H]2C[C@@H]1C2(C)C. The van der Waals surface area contributed by atoms with Crippen LogP contribution in [-0.4, -0.2) is 22.4 Å². The van der Waals surface area contributed by atoms with Crippen molar-refractivity contribution in [2.45, 2.75) is 32.5 Å². The lowest BCUT2D eigenvalue weighted by Crippen LogP contribution is -2.61. The van der Waals surface area contributed by atoms with Crippen molar-refractivity contribution in [1.29, 1.82) is 0 Å². The fourth-order valence-corrected chi connectivity index (χ4v) is 2.81. The summed E-state index contributed by atoms with van der Waals surface area (Å²) in [4.78, 5) is 0. The summed E-state index contributed by atoms with van der Waals surface area (Å²) in [6.07, 6.45) is -0.261. The summed E-state index contributed by atoms with van der Waals surface area (Å²) in [5.74, 6) is 0.684. The second-order valence-corrected chi connectivity index (χ2v) is 4.73. The normalized spacial score (nSPS) is 50.2. The molecule has 0 aromatic carbocycles. The Kier molecular flexibility index (Phi) is 1.46. The van der Waals surface area contributed by atoms with Crippen molar-refractivity contribution in [3.8, 4) is 0 Å². The smallest absolute Gasteiger partial charge is 0.101 e. The average Bonchev–Trinajstić information content (AvgIpc) is 1.98. The molecule has 3 saturated carbocycles. The van der Waals surface area contributed by atoms with E-state index in [0.717, 1.165) is 12.0 Å². The molecule has 3 fully saturated rings. The number of aliphatic hydroxyl groups excluding tert-OH is 2. The molecular weight excluding hydrogens is 152 g/mol. The van der Waals surface area contributed by atoms with Crippen molar-refractivity contribution in [3.05, 3.63) is 12.2 Å². The zero-order chi connectivity index (χ0) is 9.09. The van der Waals surface area contributed by atoms with Crippen LogP contribution in [-0.2, 0) is 0 Å². The minimum atomic E-state index is -0.679. The molecule has 0 aromatic rings. The van der Waals surface area contributed by atoms with Crippen LogP contribution in [0.25, 0.3) is 0 Å². The molecular formula is C10H16O2. The third-order valence-electron chi connectivity index (χ3n) is 3.91. The van der Waals surface area contributed by atoms with Gasteiger partial charge in [0.05, 0.1) is 6.10 Å². The van der Waals surface area contributed by atoms with Gasteiger partial charge in [0, 0.05) is 0 Å². The van der Waals surface area contributed by atoms with Gasteiger partial charge in [0.2, 0.25) is 0 Å². The molecule has 0 amide bonds. The molecule has 2 bridgehead atoms. The first-order valence-corrected chi connectivity index (χ1v) is 4.51. The Labute approximate surface area is 72.9 Å². The summed E-state index contributed by atoms with van der Waals surface area (Å²) >= 11 is 0. The van der Waals surface area contributed by atoms with Gasteiger partial charge in [-0.15, -0.1) is 0 Å². The maximum atomic E-state index is 9.68. The third-order valence-corrected chi connectivity index (χ3v) is 3.91. The lowest BCUT2D eigenvalue weighted by molar-refractivity contribution is -0.156. The van der Waals surface area contributed by atoms with Gasteiger partial charge >= 0.3 is 0 Å². The van der Waals surface area contributed by atoms with E-state index in [-0.39, 0.29) is 11.3 Å².